The highest BCUT2D eigenvalue weighted by Gasteiger charge is 2.35. The van der Waals surface area contributed by atoms with Gasteiger partial charge in [-0.15, -0.1) is 0 Å². The topological polar surface area (TPSA) is 55.8 Å². The number of carbonyl (C=O) groups is 2. The second-order valence-electron chi connectivity index (χ2n) is 8.70. The molecule has 1 aliphatic heterocycles. The molecule has 0 aromatic heterocycles. The Morgan fingerprint density at radius 3 is 2.49 bits per heavy atom. The van der Waals surface area contributed by atoms with Crippen LogP contribution >= 0.6 is 50.9 Å². The van der Waals surface area contributed by atoms with Gasteiger partial charge in [0.15, 0.2) is 11.5 Å². The van der Waals surface area contributed by atoms with Crippen LogP contribution in [0.2, 0.25) is 10.0 Å². The molecule has 2 amide bonds. The van der Waals surface area contributed by atoms with Gasteiger partial charge in [0, 0.05) is 4.47 Å². The number of hydrogen-bond acceptors (Lipinski definition) is 5. The normalized spacial score (nSPS) is 14.5. The highest BCUT2D eigenvalue weighted by atomic mass is 79.9. The lowest BCUT2D eigenvalue weighted by atomic mass is 10.0. The zero-order valence-corrected chi connectivity index (χ0v) is 24.7. The van der Waals surface area contributed by atoms with Crippen molar-refractivity contribution in [1.82, 2.24) is 4.90 Å². The van der Waals surface area contributed by atoms with Crippen molar-refractivity contribution < 1.29 is 19.1 Å². The van der Waals surface area contributed by atoms with Crippen molar-refractivity contribution in [1.29, 1.82) is 0 Å². The number of fused-ring (bicyclic) bond motifs is 1. The van der Waals surface area contributed by atoms with Crippen LogP contribution in [-0.4, -0.2) is 22.7 Å². The molecule has 198 valence electrons. The molecule has 0 N–H and O–H groups in total. The lowest BCUT2D eigenvalue weighted by Crippen LogP contribution is -2.27. The summed E-state index contributed by atoms with van der Waals surface area (Å²) in [5.74, 6) is 0.709. The van der Waals surface area contributed by atoms with Crippen molar-refractivity contribution in [2.24, 2.45) is 0 Å². The summed E-state index contributed by atoms with van der Waals surface area (Å²) in [6.07, 6.45) is 1.70. The maximum Gasteiger partial charge on any atom is 0.293 e. The third kappa shape index (κ3) is 6.12. The molecule has 1 heterocycles. The van der Waals surface area contributed by atoms with Crippen LogP contribution in [0.5, 0.6) is 11.5 Å². The van der Waals surface area contributed by atoms with Crippen LogP contribution in [0.1, 0.15) is 23.6 Å². The molecule has 0 radical (unpaired) electrons. The quantitative estimate of drug-likeness (QED) is 0.179. The minimum absolute atomic E-state index is 0.205. The SMILES string of the molecule is CCOc1cc(/C=C2/SC(=O)N(Cc3cccc4ccccc34)C2=O)c(Br)cc1OCc1ccc(Cl)c(Cl)c1. The number of halogens is 3. The van der Waals surface area contributed by atoms with E-state index in [1.807, 2.05) is 55.5 Å². The number of imide groups is 1. The summed E-state index contributed by atoms with van der Waals surface area (Å²) in [6, 6.07) is 22.7. The Morgan fingerprint density at radius 1 is 0.923 bits per heavy atom. The van der Waals surface area contributed by atoms with E-state index in [0.29, 0.717) is 43.1 Å². The number of nitrogens with zero attached hydrogens (tertiary/aromatic N) is 1. The first-order valence-electron chi connectivity index (χ1n) is 12.1. The Balaban J connectivity index is 1.38. The fourth-order valence-corrected chi connectivity index (χ4v) is 5.80. The number of carbonyl (C=O) groups excluding carboxylic acids is 2. The Labute approximate surface area is 248 Å². The molecule has 5 rings (SSSR count). The summed E-state index contributed by atoms with van der Waals surface area (Å²) in [4.78, 5) is 27.8. The number of hydrogen-bond donors (Lipinski definition) is 0. The van der Waals surface area contributed by atoms with E-state index in [4.69, 9.17) is 32.7 Å². The first-order valence-corrected chi connectivity index (χ1v) is 14.5. The maximum absolute atomic E-state index is 13.3. The first-order chi connectivity index (χ1) is 18.8. The van der Waals surface area contributed by atoms with Crippen LogP contribution in [0.3, 0.4) is 0 Å². The van der Waals surface area contributed by atoms with E-state index in [9.17, 15) is 9.59 Å². The maximum atomic E-state index is 13.3. The van der Waals surface area contributed by atoms with Crippen LogP contribution in [0.15, 0.2) is 82.2 Å². The second kappa shape index (κ2) is 12.0. The molecule has 0 bridgehead atoms. The molecule has 0 aliphatic carbocycles. The van der Waals surface area contributed by atoms with Crippen LogP contribution in [0, 0.1) is 0 Å². The zero-order chi connectivity index (χ0) is 27.5. The molecule has 5 nitrogen and oxygen atoms in total. The Morgan fingerprint density at radius 2 is 1.69 bits per heavy atom. The van der Waals surface area contributed by atoms with Gasteiger partial charge in [-0.2, -0.15) is 0 Å². The highest BCUT2D eigenvalue weighted by Crippen LogP contribution is 2.39. The van der Waals surface area contributed by atoms with Crippen molar-refractivity contribution in [2.75, 3.05) is 6.61 Å². The summed E-state index contributed by atoms with van der Waals surface area (Å²) in [5.41, 5.74) is 2.46. The fourth-order valence-electron chi connectivity index (χ4n) is 4.21. The van der Waals surface area contributed by atoms with E-state index in [0.717, 1.165) is 33.7 Å². The Kier molecular flexibility index (Phi) is 8.52. The number of rotatable bonds is 8. The second-order valence-corrected chi connectivity index (χ2v) is 11.4. The molecule has 1 saturated heterocycles. The number of thioether (sulfide) groups is 1. The van der Waals surface area contributed by atoms with Gasteiger partial charge >= 0.3 is 0 Å². The third-order valence-electron chi connectivity index (χ3n) is 6.11. The third-order valence-corrected chi connectivity index (χ3v) is 8.44. The average molecular weight is 643 g/mol. The summed E-state index contributed by atoms with van der Waals surface area (Å²) < 4.78 is 12.5. The number of ether oxygens (including phenoxy) is 2. The van der Waals surface area contributed by atoms with Gasteiger partial charge in [0.05, 0.1) is 28.1 Å². The number of amides is 2. The fraction of sp³-hybridized carbons (Fsp3) is 0.133. The number of benzene rings is 4. The van der Waals surface area contributed by atoms with E-state index >= 15 is 0 Å². The van der Waals surface area contributed by atoms with Crippen molar-refractivity contribution in [2.45, 2.75) is 20.1 Å². The Hall–Kier alpha value is -2.97. The van der Waals surface area contributed by atoms with Crippen molar-refractivity contribution >= 4 is 78.9 Å². The van der Waals surface area contributed by atoms with E-state index in [1.165, 1.54) is 4.90 Å². The molecule has 1 fully saturated rings. The van der Waals surface area contributed by atoms with Gasteiger partial charge in [0.25, 0.3) is 11.1 Å². The van der Waals surface area contributed by atoms with Gasteiger partial charge < -0.3 is 9.47 Å². The zero-order valence-electron chi connectivity index (χ0n) is 20.7. The monoisotopic (exact) mass is 641 g/mol. The summed E-state index contributed by atoms with van der Waals surface area (Å²) in [5, 5.41) is 2.70. The smallest absolute Gasteiger partial charge is 0.293 e. The van der Waals surface area contributed by atoms with Crippen molar-refractivity contribution in [3.8, 4) is 11.5 Å². The Bertz CT molecular complexity index is 1620. The molecule has 9 heteroatoms. The molecule has 39 heavy (non-hydrogen) atoms. The van der Waals surface area contributed by atoms with E-state index < -0.39 is 0 Å². The summed E-state index contributed by atoms with van der Waals surface area (Å²) in [6.45, 7) is 2.76. The lowest BCUT2D eigenvalue weighted by Gasteiger charge is -2.15. The molecule has 0 saturated carbocycles. The molecule has 0 spiro atoms. The molecule has 0 unspecified atom stereocenters. The van der Waals surface area contributed by atoms with Gasteiger partial charge in [-0.25, -0.2) is 0 Å². The molecule has 1 aliphatic rings. The standard InChI is InChI=1S/C30H22BrCl2NO4S/c1-2-37-26-13-21(23(31)15-27(26)38-17-18-10-11-24(32)25(33)12-18)14-28-29(35)34(30(36)39-28)16-20-8-5-7-19-6-3-4-9-22(19)20/h3-15H,2,16-17H2,1H3/b28-14+. The van der Waals surface area contributed by atoms with Gasteiger partial charge in [0.1, 0.15) is 6.61 Å². The van der Waals surface area contributed by atoms with E-state index in [1.54, 1.807) is 30.3 Å². The van der Waals surface area contributed by atoms with Gasteiger partial charge in [-0.1, -0.05) is 87.7 Å². The van der Waals surface area contributed by atoms with Gasteiger partial charge in [-0.3, -0.25) is 14.5 Å². The van der Waals surface area contributed by atoms with Gasteiger partial charge in [0.2, 0.25) is 0 Å². The highest BCUT2D eigenvalue weighted by molar-refractivity contribution is 9.10. The van der Waals surface area contributed by atoms with Gasteiger partial charge in [-0.05, 0) is 76.5 Å². The molecule has 4 aromatic carbocycles. The predicted molar refractivity (Wildman–Crippen MR) is 162 cm³/mol. The van der Waals surface area contributed by atoms with Crippen LogP contribution < -0.4 is 9.47 Å². The molecule has 0 atom stereocenters. The summed E-state index contributed by atoms with van der Waals surface area (Å²) >= 11 is 16.6. The summed E-state index contributed by atoms with van der Waals surface area (Å²) in [7, 11) is 0. The van der Waals surface area contributed by atoms with Crippen molar-refractivity contribution in [3.63, 3.8) is 0 Å². The average Bonchev–Trinajstić information content (AvgIpc) is 3.19. The minimum Gasteiger partial charge on any atom is -0.490 e. The predicted octanol–water partition coefficient (Wildman–Crippen LogP) is 9.12. The van der Waals surface area contributed by atoms with Crippen molar-refractivity contribution in [3.05, 3.63) is 109 Å². The molecular formula is C30H22BrCl2NO4S. The van der Waals surface area contributed by atoms with E-state index in [-0.39, 0.29) is 24.3 Å². The molecular weight excluding hydrogens is 621 g/mol. The van der Waals surface area contributed by atoms with Crippen LogP contribution in [-0.2, 0) is 17.9 Å². The largest absolute Gasteiger partial charge is 0.490 e. The minimum atomic E-state index is -0.331. The lowest BCUT2D eigenvalue weighted by molar-refractivity contribution is -0.123. The molecule has 4 aromatic rings. The van der Waals surface area contributed by atoms with Crippen LogP contribution in [0.25, 0.3) is 16.8 Å². The van der Waals surface area contributed by atoms with Crippen LogP contribution in [0.4, 0.5) is 4.79 Å². The van der Waals surface area contributed by atoms with E-state index in [2.05, 4.69) is 15.9 Å². The first kappa shape index (κ1) is 27.6.